The second-order valence-corrected chi connectivity index (χ2v) is 6.17. The largest absolute Gasteiger partial charge is 0.494 e. The first-order valence-corrected chi connectivity index (χ1v) is 8.65. The lowest BCUT2D eigenvalue weighted by molar-refractivity contribution is -0.121. The minimum Gasteiger partial charge on any atom is -0.494 e. The molecule has 0 aliphatic carbocycles. The number of benzene rings is 1. The van der Waals surface area contributed by atoms with E-state index in [1.807, 2.05) is 12.1 Å². The van der Waals surface area contributed by atoms with Crippen LogP contribution in [0.15, 0.2) is 34.7 Å². The molecule has 1 aromatic heterocycles. The van der Waals surface area contributed by atoms with Crippen LogP contribution in [0.25, 0.3) is 0 Å². The third-order valence-corrected chi connectivity index (χ3v) is 4.12. The first-order chi connectivity index (χ1) is 13.0. The summed E-state index contributed by atoms with van der Waals surface area (Å²) < 4.78 is 10.7. The number of hydrogen-bond acceptors (Lipinski definition) is 5. The number of rotatable bonds is 8. The number of fused-ring (bicyclic) bond motifs is 1. The van der Waals surface area contributed by atoms with E-state index in [0.29, 0.717) is 37.4 Å². The Kier molecular flexibility index (Phi) is 5.75. The molecule has 1 aliphatic rings. The van der Waals surface area contributed by atoms with Crippen molar-refractivity contribution < 1.29 is 28.6 Å². The van der Waals surface area contributed by atoms with Crippen LogP contribution in [0.4, 0.5) is 5.69 Å². The molecule has 8 heteroatoms. The molecule has 0 radical (unpaired) electrons. The third kappa shape index (κ3) is 5.10. The van der Waals surface area contributed by atoms with Crippen molar-refractivity contribution in [3.05, 3.63) is 47.4 Å². The maximum absolute atomic E-state index is 11.8. The fourth-order valence-corrected chi connectivity index (χ4v) is 2.73. The van der Waals surface area contributed by atoms with Gasteiger partial charge in [0, 0.05) is 18.5 Å². The lowest BCUT2D eigenvalue weighted by atomic mass is 10.0. The molecule has 2 amide bonds. The number of aryl methyl sites for hydroxylation is 1. The highest BCUT2D eigenvalue weighted by atomic mass is 16.5. The van der Waals surface area contributed by atoms with Crippen LogP contribution < -0.4 is 15.4 Å². The topological polar surface area (TPSA) is 118 Å². The van der Waals surface area contributed by atoms with Crippen molar-refractivity contribution >= 4 is 23.5 Å². The molecule has 0 atom stereocenters. The van der Waals surface area contributed by atoms with E-state index in [9.17, 15) is 14.4 Å². The summed E-state index contributed by atoms with van der Waals surface area (Å²) in [4.78, 5) is 33.9. The standard InChI is InChI=1S/C19H20N2O6/c22-17(20-11-14-5-7-16(27-14)19(24)25)2-1-9-26-13-4-6-15-12(10-13)3-8-18(23)21-15/h4-7,10H,1-3,8-9,11H2,(H,20,22)(H,21,23)(H,24,25). The zero-order valence-corrected chi connectivity index (χ0v) is 14.6. The quantitative estimate of drug-likeness (QED) is 0.612. The number of carboxylic acids is 1. The van der Waals surface area contributed by atoms with Crippen LogP contribution in [0.5, 0.6) is 5.75 Å². The summed E-state index contributed by atoms with van der Waals surface area (Å²) in [6.45, 7) is 0.534. The van der Waals surface area contributed by atoms with Crippen molar-refractivity contribution in [2.45, 2.75) is 32.2 Å². The van der Waals surface area contributed by atoms with Crippen LogP contribution in [0, 0.1) is 0 Å². The predicted molar refractivity (Wildman–Crippen MR) is 95.6 cm³/mol. The van der Waals surface area contributed by atoms with E-state index >= 15 is 0 Å². The Balaban J connectivity index is 1.36. The number of carboxylic acid groups (broad SMARTS) is 1. The Bertz CT molecular complexity index is 858. The van der Waals surface area contributed by atoms with Crippen LogP contribution >= 0.6 is 0 Å². The normalized spacial score (nSPS) is 12.8. The van der Waals surface area contributed by atoms with E-state index in [2.05, 4.69) is 10.6 Å². The Labute approximate surface area is 155 Å². The first kappa shape index (κ1) is 18.5. The minimum atomic E-state index is -1.14. The first-order valence-electron chi connectivity index (χ1n) is 8.65. The molecule has 0 saturated heterocycles. The lowest BCUT2D eigenvalue weighted by Gasteiger charge is -2.17. The summed E-state index contributed by atoms with van der Waals surface area (Å²) >= 11 is 0. The highest BCUT2D eigenvalue weighted by Gasteiger charge is 2.15. The Hall–Kier alpha value is -3.29. The molecule has 0 saturated carbocycles. The van der Waals surface area contributed by atoms with Crippen molar-refractivity contribution in [1.82, 2.24) is 5.32 Å². The molecule has 1 aromatic carbocycles. The van der Waals surface area contributed by atoms with Gasteiger partial charge < -0.3 is 24.9 Å². The van der Waals surface area contributed by atoms with E-state index in [1.165, 1.54) is 12.1 Å². The van der Waals surface area contributed by atoms with Crippen molar-refractivity contribution in [3.63, 3.8) is 0 Å². The summed E-state index contributed by atoms with van der Waals surface area (Å²) in [6.07, 6.45) is 1.99. The molecule has 2 aromatic rings. The van der Waals surface area contributed by atoms with Gasteiger partial charge in [0.1, 0.15) is 11.5 Å². The van der Waals surface area contributed by atoms with Crippen molar-refractivity contribution in [2.24, 2.45) is 0 Å². The number of furan rings is 1. The van der Waals surface area contributed by atoms with Gasteiger partial charge in [-0.15, -0.1) is 0 Å². The fourth-order valence-electron chi connectivity index (χ4n) is 2.73. The van der Waals surface area contributed by atoms with Gasteiger partial charge in [0.2, 0.25) is 17.6 Å². The van der Waals surface area contributed by atoms with E-state index in [1.54, 1.807) is 6.07 Å². The Morgan fingerprint density at radius 2 is 2.07 bits per heavy atom. The van der Waals surface area contributed by atoms with Crippen molar-refractivity contribution in [1.29, 1.82) is 0 Å². The maximum Gasteiger partial charge on any atom is 0.371 e. The number of aromatic carboxylic acids is 1. The number of carbonyl (C=O) groups excluding carboxylic acids is 2. The summed E-state index contributed by atoms with van der Waals surface area (Å²) in [5, 5.41) is 14.3. The van der Waals surface area contributed by atoms with E-state index < -0.39 is 5.97 Å². The van der Waals surface area contributed by atoms with Crippen LogP contribution in [0.2, 0.25) is 0 Å². The summed E-state index contributed by atoms with van der Waals surface area (Å²) in [5.41, 5.74) is 1.87. The van der Waals surface area contributed by atoms with Gasteiger partial charge in [-0.25, -0.2) is 4.79 Å². The predicted octanol–water partition coefficient (Wildman–Crippen LogP) is 2.34. The second kappa shape index (κ2) is 8.39. The lowest BCUT2D eigenvalue weighted by Crippen LogP contribution is -2.22. The van der Waals surface area contributed by atoms with Gasteiger partial charge in [-0.3, -0.25) is 9.59 Å². The van der Waals surface area contributed by atoms with Crippen LogP contribution in [-0.2, 0) is 22.6 Å². The third-order valence-electron chi connectivity index (χ3n) is 4.12. The molecule has 0 unspecified atom stereocenters. The number of carbonyl (C=O) groups is 3. The minimum absolute atomic E-state index is 0.0240. The monoisotopic (exact) mass is 372 g/mol. The summed E-state index contributed by atoms with van der Waals surface area (Å²) in [7, 11) is 0. The average molecular weight is 372 g/mol. The van der Waals surface area contributed by atoms with Gasteiger partial charge in [-0.1, -0.05) is 0 Å². The molecule has 27 heavy (non-hydrogen) atoms. The molecule has 0 spiro atoms. The van der Waals surface area contributed by atoms with Crippen LogP contribution in [0.3, 0.4) is 0 Å². The van der Waals surface area contributed by atoms with Gasteiger partial charge in [0.25, 0.3) is 0 Å². The zero-order valence-electron chi connectivity index (χ0n) is 14.6. The smallest absolute Gasteiger partial charge is 0.371 e. The maximum atomic E-state index is 11.8. The van der Waals surface area contributed by atoms with Gasteiger partial charge in [-0.2, -0.15) is 0 Å². The van der Waals surface area contributed by atoms with E-state index in [-0.39, 0.29) is 30.5 Å². The van der Waals surface area contributed by atoms with Crippen LogP contribution in [-0.4, -0.2) is 29.5 Å². The van der Waals surface area contributed by atoms with Gasteiger partial charge in [-0.05, 0) is 48.7 Å². The number of nitrogens with one attached hydrogen (secondary N) is 2. The Morgan fingerprint density at radius 1 is 1.22 bits per heavy atom. The Morgan fingerprint density at radius 3 is 2.85 bits per heavy atom. The van der Waals surface area contributed by atoms with E-state index in [4.69, 9.17) is 14.3 Å². The molecule has 0 bridgehead atoms. The molecule has 142 valence electrons. The highest BCUT2D eigenvalue weighted by Crippen LogP contribution is 2.26. The van der Waals surface area contributed by atoms with Gasteiger partial charge in [0.05, 0.1) is 13.2 Å². The molecule has 1 aliphatic heterocycles. The molecular weight excluding hydrogens is 352 g/mol. The van der Waals surface area contributed by atoms with Gasteiger partial charge >= 0.3 is 5.97 Å². The number of amides is 2. The second-order valence-electron chi connectivity index (χ2n) is 6.17. The van der Waals surface area contributed by atoms with Crippen molar-refractivity contribution in [3.8, 4) is 5.75 Å². The SMILES string of the molecule is O=C(CCCOc1ccc2c(c1)CCC(=O)N2)NCc1ccc(C(=O)O)o1. The average Bonchev–Trinajstić information content (AvgIpc) is 3.13. The molecule has 0 fully saturated rings. The zero-order chi connectivity index (χ0) is 19.2. The number of hydrogen-bond donors (Lipinski definition) is 3. The molecule has 2 heterocycles. The summed E-state index contributed by atoms with van der Waals surface area (Å²) in [5.74, 6) is -0.345. The van der Waals surface area contributed by atoms with E-state index in [0.717, 1.165) is 11.3 Å². The molecule has 8 nitrogen and oxygen atoms in total. The number of ether oxygens (including phenoxy) is 1. The van der Waals surface area contributed by atoms with Crippen molar-refractivity contribution in [2.75, 3.05) is 11.9 Å². The summed E-state index contributed by atoms with van der Waals surface area (Å²) in [6, 6.07) is 8.39. The highest BCUT2D eigenvalue weighted by molar-refractivity contribution is 5.94. The number of anilines is 1. The van der Waals surface area contributed by atoms with Gasteiger partial charge in [0.15, 0.2) is 0 Å². The van der Waals surface area contributed by atoms with Crippen LogP contribution in [0.1, 0.15) is 41.1 Å². The molecule has 3 rings (SSSR count). The molecular formula is C19H20N2O6. The fraction of sp³-hybridized carbons (Fsp3) is 0.316. The molecule has 3 N–H and O–H groups in total.